The van der Waals surface area contributed by atoms with Crippen LogP contribution in [0.2, 0.25) is 0 Å². The van der Waals surface area contributed by atoms with Crippen molar-refractivity contribution in [2.24, 2.45) is 5.92 Å². The molecule has 0 bridgehead atoms. The summed E-state index contributed by atoms with van der Waals surface area (Å²) in [6.45, 7) is 0.543. The van der Waals surface area contributed by atoms with Crippen LogP contribution in [0.5, 0.6) is 0 Å². The number of rotatable bonds is 6. The van der Waals surface area contributed by atoms with Crippen LogP contribution in [0.25, 0.3) is 0 Å². The second-order valence-electron chi connectivity index (χ2n) is 6.30. The van der Waals surface area contributed by atoms with E-state index < -0.39 is 5.92 Å². The van der Waals surface area contributed by atoms with Crippen LogP contribution < -0.4 is 16.0 Å². The second kappa shape index (κ2) is 7.98. The molecule has 28 heavy (non-hydrogen) atoms. The van der Waals surface area contributed by atoms with E-state index in [1.54, 1.807) is 4.90 Å². The van der Waals surface area contributed by atoms with Crippen molar-refractivity contribution in [2.45, 2.75) is 19.4 Å². The van der Waals surface area contributed by atoms with E-state index in [0.29, 0.717) is 28.2 Å². The Morgan fingerprint density at radius 3 is 2.68 bits per heavy atom. The Morgan fingerprint density at radius 1 is 1.14 bits per heavy atom. The molecule has 9 nitrogen and oxygen atoms in total. The van der Waals surface area contributed by atoms with Gasteiger partial charge in [-0.1, -0.05) is 53.0 Å². The number of carbonyl (C=O) groups is 2. The third kappa shape index (κ3) is 4.15. The molecule has 0 aliphatic carbocycles. The SMILES string of the molecule is Nc1nnc(CNC(=O)C2CC(=O)N(c3nnc(Cc4ccccc4)s3)C2)s1. The van der Waals surface area contributed by atoms with Crippen LogP contribution in [0.1, 0.15) is 22.0 Å². The average molecular weight is 416 g/mol. The summed E-state index contributed by atoms with van der Waals surface area (Å²) in [7, 11) is 0. The molecule has 1 aliphatic rings. The molecule has 3 aromatic rings. The maximum atomic E-state index is 12.4. The standard InChI is InChI=1S/C17H17N7O2S2/c18-16-22-21-13(27-16)8-19-15(26)11-7-14(25)24(9-11)17-23-20-12(28-17)6-10-4-2-1-3-5-10/h1-5,11H,6-9H2,(H2,18,22)(H,19,26). The predicted molar refractivity (Wildman–Crippen MR) is 106 cm³/mol. The molecule has 1 saturated heterocycles. The smallest absolute Gasteiger partial charge is 0.229 e. The highest BCUT2D eigenvalue weighted by Crippen LogP contribution is 2.29. The highest BCUT2D eigenvalue weighted by atomic mass is 32.1. The zero-order chi connectivity index (χ0) is 19.5. The number of nitrogen functional groups attached to an aromatic ring is 1. The number of benzene rings is 1. The Labute approximate surface area is 168 Å². The summed E-state index contributed by atoms with van der Waals surface area (Å²) >= 11 is 2.60. The Morgan fingerprint density at radius 2 is 1.93 bits per heavy atom. The van der Waals surface area contributed by atoms with Crippen LogP contribution in [-0.4, -0.2) is 38.8 Å². The molecule has 0 saturated carbocycles. The summed E-state index contributed by atoms with van der Waals surface area (Å²) in [4.78, 5) is 26.3. The summed E-state index contributed by atoms with van der Waals surface area (Å²) < 4.78 is 0. The summed E-state index contributed by atoms with van der Waals surface area (Å²) in [6.07, 6.45) is 0.813. The molecular weight excluding hydrogens is 398 g/mol. The highest BCUT2D eigenvalue weighted by molar-refractivity contribution is 7.15. The van der Waals surface area contributed by atoms with Crippen molar-refractivity contribution in [1.82, 2.24) is 25.7 Å². The van der Waals surface area contributed by atoms with Gasteiger partial charge in [-0.05, 0) is 5.56 Å². The van der Waals surface area contributed by atoms with Crippen LogP contribution >= 0.6 is 22.7 Å². The fourth-order valence-electron chi connectivity index (χ4n) is 2.91. The number of nitrogens with two attached hydrogens (primary N) is 1. The van der Waals surface area contributed by atoms with Gasteiger partial charge >= 0.3 is 0 Å². The number of hydrogen-bond acceptors (Lipinski definition) is 9. The average Bonchev–Trinajstić information content (AvgIpc) is 3.41. The molecular formula is C17H17N7O2S2. The van der Waals surface area contributed by atoms with E-state index in [2.05, 4.69) is 25.7 Å². The van der Waals surface area contributed by atoms with Gasteiger partial charge in [0.25, 0.3) is 0 Å². The van der Waals surface area contributed by atoms with Crippen molar-refractivity contribution >= 4 is 44.8 Å². The molecule has 0 radical (unpaired) electrons. The molecule has 1 fully saturated rings. The summed E-state index contributed by atoms with van der Waals surface area (Å²) in [5.74, 6) is -0.749. The third-order valence-corrected chi connectivity index (χ3v) is 5.98. The van der Waals surface area contributed by atoms with Gasteiger partial charge in [-0.2, -0.15) is 0 Å². The molecule has 1 aliphatic heterocycles. The Hall–Kier alpha value is -2.92. The third-order valence-electron chi connectivity index (χ3n) is 4.28. The van der Waals surface area contributed by atoms with Crippen molar-refractivity contribution in [3.63, 3.8) is 0 Å². The second-order valence-corrected chi connectivity index (χ2v) is 8.43. The number of nitrogens with zero attached hydrogens (tertiary/aromatic N) is 5. The van der Waals surface area contributed by atoms with Crippen molar-refractivity contribution < 1.29 is 9.59 Å². The minimum Gasteiger partial charge on any atom is -0.374 e. The first-order valence-corrected chi connectivity index (χ1v) is 10.2. The zero-order valence-electron chi connectivity index (χ0n) is 14.7. The number of carbonyl (C=O) groups excluding carboxylic acids is 2. The molecule has 1 atom stereocenters. The monoisotopic (exact) mass is 415 g/mol. The van der Waals surface area contributed by atoms with Crippen LogP contribution in [0.4, 0.5) is 10.3 Å². The lowest BCUT2D eigenvalue weighted by molar-refractivity contribution is -0.126. The van der Waals surface area contributed by atoms with Crippen LogP contribution in [0.3, 0.4) is 0 Å². The normalized spacial score (nSPS) is 16.5. The van der Waals surface area contributed by atoms with E-state index in [1.807, 2.05) is 30.3 Å². The van der Waals surface area contributed by atoms with Crippen molar-refractivity contribution in [3.05, 3.63) is 45.9 Å². The molecule has 3 heterocycles. The Bertz CT molecular complexity index is 988. The number of nitrogens with one attached hydrogen (secondary N) is 1. The zero-order valence-corrected chi connectivity index (χ0v) is 16.4. The maximum absolute atomic E-state index is 12.4. The van der Waals surface area contributed by atoms with Gasteiger partial charge in [0.2, 0.25) is 22.1 Å². The lowest BCUT2D eigenvalue weighted by Crippen LogP contribution is -2.32. The molecule has 1 aromatic carbocycles. The minimum absolute atomic E-state index is 0.122. The van der Waals surface area contributed by atoms with E-state index in [-0.39, 0.29) is 24.8 Å². The molecule has 11 heteroatoms. The lowest BCUT2D eigenvalue weighted by atomic mass is 10.1. The van der Waals surface area contributed by atoms with Crippen LogP contribution in [0.15, 0.2) is 30.3 Å². The minimum atomic E-state index is -0.431. The quantitative estimate of drug-likeness (QED) is 0.620. The topological polar surface area (TPSA) is 127 Å². The van der Waals surface area contributed by atoms with Gasteiger partial charge in [0.05, 0.1) is 12.5 Å². The first-order valence-electron chi connectivity index (χ1n) is 8.60. The van der Waals surface area contributed by atoms with Crippen LogP contribution in [-0.2, 0) is 22.6 Å². The number of hydrogen-bond donors (Lipinski definition) is 2. The first kappa shape index (κ1) is 18.4. The Kier molecular flexibility index (Phi) is 5.26. The van der Waals surface area contributed by atoms with Gasteiger partial charge in [-0.25, -0.2) is 0 Å². The molecule has 1 unspecified atom stereocenters. The van der Waals surface area contributed by atoms with Gasteiger partial charge in [-0.3, -0.25) is 14.5 Å². The van der Waals surface area contributed by atoms with E-state index in [4.69, 9.17) is 5.73 Å². The molecule has 3 N–H and O–H groups in total. The molecule has 2 amide bonds. The predicted octanol–water partition coefficient (Wildman–Crippen LogP) is 1.23. The molecule has 144 valence electrons. The number of amides is 2. The fraction of sp³-hybridized carbons (Fsp3) is 0.294. The van der Waals surface area contributed by atoms with E-state index in [0.717, 1.165) is 10.6 Å². The fourth-order valence-corrected chi connectivity index (χ4v) is 4.36. The van der Waals surface area contributed by atoms with Crippen molar-refractivity contribution in [2.75, 3.05) is 17.2 Å². The van der Waals surface area contributed by atoms with Gasteiger partial charge < -0.3 is 11.1 Å². The van der Waals surface area contributed by atoms with Gasteiger partial charge in [-0.15, -0.1) is 20.4 Å². The largest absolute Gasteiger partial charge is 0.374 e. The summed E-state index contributed by atoms with van der Waals surface area (Å²) in [5.41, 5.74) is 6.66. The summed E-state index contributed by atoms with van der Waals surface area (Å²) in [6, 6.07) is 9.95. The number of anilines is 2. The lowest BCUT2D eigenvalue weighted by Gasteiger charge is -2.12. The van der Waals surface area contributed by atoms with E-state index in [1.165, 1.54) is 22.7 Å². The maximum Gasteiger partial charge on any atom is 0.229 e. The molecule has 4 rings (SSSR count). The van der Waals surface area contributed by atoms with Crippen molar-refractivity contribution in [1.29, 1.82) is 0 Å². The van der Waals surface area contributed by atoms with Gasteiger partial charge in [0, 0.05) is 19.4 Å². The molecule has 2 aromatic heterocycles. The first-order chi connectivity index (χ1) is 13.6. The van der Waals surface area contributed by atoms with Crippen LogP contribution in [0, 0.1) is 5.92 Å². The summed E-state index contributed by atoms with van der Waals surface area (Å²) in [5, 5.41) is 21.0. The van der Waals surface area contributed by atoms with E-state index >= 15 is 0 Å². The van der Waals surface area contributed by atoms with Gasteiger partial charge in [0.15, 0.2) is 0 Å². The van der Waals surface area contributed by atoms with Crippen molar-refractivity contribution in [3.8, 4) is 0 Å². The number of aromatic nitrogens is 4. The van der Waals surface area contributed by atoms with E-state index in [9.17, 15) is 9.59 Å². The highest BCUT2D eigenvalue weighted by Gasteiger charge is 2.36. The van der Waals surface area contributed by atoms with Gasteiger partial charge in [0.1, 0.15) is 10.0 Å². The Balaban J connectivity index is 1.36. The molecule has 0 spiro atoms.